The van der Waals surface area contributed by atoms with Gasteiger partial charge in [-0.3, -0.25) is 9.97 Å². The molecule has 0 spiro atoms. The number of nitrogens with zero attached hydrogens (tertiary/aromatic N) is 2. The Bertz CT molecular complexity index is 1150. The molecule has 0 amide bonds. The fourth-order valence-electron chi connectivity index (χ4n) is 2.97. The van der Waals surface area contributed by atoms with Crippen LogP contribution in [0.15, 0.2) is 54.9 Å². The largest absolute Gasteiger partial charge is 0.456 e. The number of halogens is 1. The fourth-order valence-corrected chi connectivity index (χ4v) is 4.01. The molecule has 0 aliphatic carbocycles. The third-order valence-corrected chi connectivity index (χ3v) is 5.80. The molecule has 0 aliphatic heterocycles. The number of rotatable bonds is 8. The first kappa shape index (κ1) is 20.4. The number of methoxy groups -OCH3 is 1. The van der Waals surface area contributed by atoms with Crippen LogP contribution < -0.4 is 10.1 Å². The Balaban J connectivity index is 1.55. The first-order valence-electron chi connectivity index (χ1n) is 9.61. The number of benzene rings is 1. The summed E-state index contributed by atoms with van der Waals surface area (Å²) in [5, 5.41) is 3.31. The van der Waals surface area contributed by atoms with E-state index in [9.17, 15) is 4.39 Å². The first-order valence-corrected chi connectivity index (χ1v) is 10.4. The van der Waals surface area contributed by atoms with Crippen LogP contribution >= 0.6 is 11.3 Å². The van der Waals surface area contributed by atoms with E-state index >= 15 is 0 Å². The topological polar surface area (TPSA) is 56.3 Å². The van der Waals surface area contributed by atoms with Gasteiger partial charge in [0.05, 0.1) is 27.4 Å². The van der Waals surface area contributed by atoms with Gasteiger partial charge in [-0.15, -0.1) is 11.3 Å². The van der Waals surface area contributed by atoms with E-state index in [-0.39, 0.29) is 5.82 Å². The summed E-state index contributed by atoms with van der Waals surface area (Å²) in [6.07, 6.45) is 3.57. The van der Waals surface area contributed by atoms with Crippen molar-refractivity contribution in [2.45, 2.75) is 13.5 Å². The number of aryl methyl sites for hydroxylation is 1. The summed E-state index contributed by atoms with van der Waals surface area (Å²) in [6, 6.07) is 12.7. The summed E-state index contributed by atoms with van der Waals surface area (Å²) in [6.45, 7) is 3.95. The third-order valence-electron chi connectivity index (χ3n) is 4.64. The second kappa shape index (κ2) is 9.30. The molecule has 0 saturated carbocycles. The predicted octanol–water partition coefficient (Wildman–Crippen LogP) is 5.33. The van der Waals surface area contributed by atoms with Crippen molar-refractivity contribution in [3.63, 3.8) is 0 Å². The minimum atomic E-state index is -0.286. The molecule has 4 rings (SSSR count). The van der Waals surface area contributed by atoms with Crippen LogP contribution in [-0.4, -0.2) is 30.2 Å². The van der Waals surface area contributed by atoms with Crippen LogP contribution in [0.2, 0.25) is 0 Å². The van der Waals surface area contributed by atoms with Gasteiger partial charge in [0.2, 0.25) is 0 Å². The molecule has 0 atom stereocenters. The molecule has 3 aromatic heterocycles. The van der Waals surface area contributed by atoms with E-state index in [1.807, 2.05) is 18.3 Å². The van der Waals surface area contributed by atoms with Gasteiger partial charge in [0.15, 0.2) is 0 Å². The lowest BCUT2D eigenvalue weighted by Crippen LogP contribution is -2.18. The molecule has 0 fully saturated rings. The highest BCUT2D eigenvalue weighted by molar-refractivity contribution is 7.22. The Morgan fingerprint density at radius 1 is 1.10 bits per heavy atom. The summed E-state index contributed by atoms with van der Waals surface area (Å²) >= 11 is 1.56. The van der Waals surface area contributed by atoms with Gasteiger partial charge in [-0.2, -0.15) is 0 Å². The molecule has 0 unspecified atom stereocenters. The number of pyridine rings is 2. The van der Waals surface area contributed by atoms with E-state index in [0.29, 0.717) is 23.7 Å². The fraction of sp³-hybridized carbons (Fsp3) is 0.217. The van der Waals surface area contributed by atoms with Gasteiger partial charge in [-0.25, -0.2) is 4.39 Å². The predicted molar refractivity (Wildman–Crippen MR) is 118 cm³/mol. The minimum absolute atomic E-state index is 0.286. The standard InChI is InChI=1S/C23H22FN3O2S/c1-15-3-5-17(11-18(15)24)29-21-7-8-26-20-12-22(30-23(20)21)19-6-4-16(14-27-19)13-25-9-10-28-2/h3-8,11-12,14,25H,9-10,13H2,1-2H3. The summed E-state index contributed by atoms with van der Waals surface area (Å²) in [7, 11) is 1.69. The highest BCUT2D eigenvalue weighted by Gasteiger charge is 2.12. The van der Waals surface area contributed by atoms with Crippen LogP contribution in [0.4, 0.5) is 4.39 Å². The van der Waals surface area contributed by atoms with Gasteiger partial charge in [0.25, 0.3) is 0 Å². The highest BCUT2D eigenvalue weighted by Crippen LogP contribution is 2.38. The van der Waals surface area contributed by atoms with Gasteiger partial charge in [-0.05, 0) is 36.2 Å². The monoisotopic (exact) mass is 423 g/mol. The van der Waals surface area contributed by atoms with Crippen LogP contribution in [0, 0.1) is 12.7 Å². The van der Waals surface area contributed by atoms with Crippen molar-refractivity contribution in [3.05, 3.63) is 71.8 Å². The van der Waals surface area contributed by atoms with E-state index in [0.717, 1.165) is 39.4 Å². The van der Waals surface area contributed by atoms with Crippen LogP contribution in [0.3, 0.4) is 0 Å². The molecular weight excluding hydrogens is 401 g/mol. The number of thiophene rings is 1. The average molecular weight is 424 g/mol. The van der Waals surface area contributed by atoms with Gasteiger partial charge in [-0.1, -0.05) is 12.1 Å². The molecule has 0 saturated heterocycles. The van der Waals surface area contributed by atoms with Crippen LogP contribution in [-0.2, 0) is 11.3 Å². The molecule has 0 bridgehead atoms. The molecule has 5 nitrogen and oxygen atoms in total. The highest BCUT2D eigenvalue weighted by atomic mass is 32.1. The molecule has 3 heterocycles. The number of ether oxygens (including phenoxy) is 2. The average Bonchev–Trinajstić information content (AvgIpc) is 3.20. The van der Waals surface area contributed by atoms with Crippen molar-refractivity contribution in [3.8, 4) is 22.1 Å². The van der Waals surface area contributed by atoms with E-state index in [4.69, 9.17) is 9.47 Å². The van der Waals surface area contributed by atoms with Gasteiger partial charge in [0.1, 0.15) is 17.3 Å². The van der Waals surface area contributed by atoms with E-state index in [2.05, 4.69) is 21.4 Å². The van der Waals surface area contributed by atoms with Crippen molar-refractivity contribution in [2.75, 3.05) is 20.3 Å². The maximum absolute atomic E-state index is 13.9. The van der Waals surface area contributed by atoms with Crippen molar-refractivity contribution in [2.24, 2.45) is 0 Å². The summed E-state index contributed by atoms with van der Waals surface area (Å²) in [5.74, 6) is 0.827. The molecule has 1 aromatic carbocycles. The van der Waals surface area contributed by atoms with Gasteiger partial charge < -0.3 is 14.8 Å². The molecule has 30 heavy (non-hydrogen) atoms. The smallest absolute Gasteiger partial charge is 0.148 e. The van der Waals surface area contributed by atoms with Crippen LogP contribution in [0.1, 0.15) is 11.1 Å². The van der Waals surface area contributed by atoms with Gasteiger partial charge >= 0.3 is 0 Å². The SMILES string of the molecule is COCCNCc1ccc(-c2cc3nccc(Oc4ccc(C)c(F)c4)c3s2)nc1. The molecule has 1 N–H and O–H groups in total. The zero-order valence-corrected chi connectivity index (χ0v) is 17.6. The maximum atomic E-state index is 13.9. The second-order valence-electron chi connectivity index (χ2n) is 6.87. The Morgan fingerprint density at radius 3 is 2.77 bits per heavy atom. The second-order valence-corrected chi connectivity index (χ2v) is 7.92. The number of fused-ring (bicyclic) bond motifs is 1. The quantitative estimate of drug-likeness (QED) is 0.388. The molecule has 0 aliphatic rings. The lowest BCUT2D eigenvalue weighted by atomic mass is 10.2. The molecule has 4 aromatic rings. The molecular formula is C23H22FN3O2S. The molecule has 7 heteroatoms. The Kier molecular flexibility index (Phi) is 6.32. The van der Waals surface area contributed by atoms with Crippen molar-refractivity contribution in [1.29, 1.82) is 0 Å². The number of aromatic nitrogens is 2. The number of hydrogen-bond donors (Lipinski definition) is 1. The Hall–Kier alpha value is -2.87. The summed E-state index contributed by atoms with van der Waals surface area (Å²) < 4.78 is 25.7. The molecule has 0 radical (unpaired) electrons. The number of hydrogen-bond acceptors (Lipinski definition) is 6. The normalized spacial score (nSPS) is 11.2. The maximum Gasteiger partial charge on any atom is 0.148 e. The van der Waals surface area contributed by atoms with E-state index in [1.54, 1.807) is 49.8 Å². The van der Waals surface area contributed by atoms with Crippen molar-refractivity contribution >= 4 is 21.6 Å². The lowest BCUT2D eigenvalue weighted by molar-refractivity contribution is 0.199. The minimum Gasteiger partial charge on any atom is -0.456 e. The van der Waals surface area contributed by atoms with Crippen molar-refractivity contribution < 1.29 is 13.9 Å². The van der Waals surface area contributed by atoms with Crippen LogP contribution in [0.5, 0.6) is 11.5 Å². The van der Waals surface area contributed by atoms with E-state index < -0.39 is 0 Å². The van der Waals surface area contributed by atoms with E-state index in [1.165, 1.54) is 6.07 Å². The Labute approximate surface area is 178 Å². The Morgan fingerprint density at radius 2 is 2.00 bits per heavy atom. The van der Waals surface area contributed by atoms with Gasteiger partial charge in [0, 0.05) is 44.7 Å². The zero-order chi connectivity index (χ0) is 20.9. The molecule has 154 valence electrons. The van der Waals surface area contributed by atoms with Crippen molar-refractivity contribution in [1.82, 2.24) is 15.3 Å². The van der Waals surface area contributed by atoms with Crippen LogP contribution in [0.25, 0.3) is 20.8 Å². The summed E-state index contributed by atoms with van der Waals surface area (Å²) in [4.78, 5) is 10.0. The number of nitrogens with one attached hydrogen (secondary N) is 1. The summed E-state index contributed by atoms with van der Waals surface area (Å²) in [5.41, 5.74) is 3.40. The zero-order valence-electron chi connectivity index (χ0n) is 16.8. The lowest BCUT2D eigenvalue weighted by Gasteiger charge is -2.07. The first-order chi connectivity index (χ1) is 14.6. The third kappa shape index (κ3) is 4.64.